The van der Waals surface area contributed by atoms with E-state index in [2.05, 4.69) is 9.99 Å². The first kappa shape index (κ1) is 6.40. The monoisotopic (exact) mass is 105 g/mol. The Balaban J connectivity index is 3.29. The number of rotatable bonds is 2. The SMILES string of the molecule is CON=C(C)CF. The molecule has 0 saturated carbocycles. The van der Waals surface area contributed by atoms with Crippen LogP contribution in [0.5, 0.6) is 0 Å². The predicted octanol–water partition coefficient (Wildman–Crippen LogP) is 0.978. The molecule has 0 aliphatic carbocycles. The molecule has 2 nitrogen and oxygen atoms in total. The van der Waals surface area contributed by atoms with Gasteiger partial charge < -0.3 is 4.84 Å². The van der Waals surface area contributed by atoms with E-state index in [0.29, 0.717) is 5.71 Å². The molecule has 0 amide bonds. The first-order chi connectivity index (χ1) is 3.31. The van der Waals surface area contributed by atoms with E-state index in [9.17, 15) is 4.39 Å². The van der Waals surface area contributed by atoms with Crippen molar-refractivity contribution in [1.29, 1.82) is 0 Å². The van der Waals surface area contributed by atoms with Crippen molar-refractivity contribution in [2.75, 3.05) is 13.8 Å². The van der Waals surface area contributed by atoms with E-state index in [1.807, 2.05) is 0 Å². The van der Waals surface area contributed by atoms with Gasteiger partial charge in [0.05, 0.1) is 5.71 Å². The lowest BCUT2D eigenvalue weighted by Gasteiger charge is -1.87. The third-order valence-corrected chi connectivity index (χ3v) is 0.441. The molecular weight excluding hydrogens is 97.0 g/mol. The first-order valence-electron chi connectivity index (χ1n) is 1.94. The highest BCUT2D eigenvalue weighted by Gasteiger charge is 1.83. The molecule has 0 aliphatic rings. The summed E-state index contributed by atoms with van der Waals surface area (Å²) < 4.78 is 11.4. The van der Waals surface area contributed by atoms with E-state index >= 15 is 0 Å². The molecule has 0 aliphatic heterocycles. The maximum Gasteiger partial charge on any atom is 0.131 e. The third-order valence-electron chi connectivity index (χ3n) is 0.441. The molecule has 0 aromatic rings. The highest BCUT2D eigenvalue weighted by Crippen LogP contribution is 1.77. The fourth-order valence-electron chi connectivity index (χ4n) is 0.180. The summed E-state index contributed by atoms with van der Waals surface area (Å²) in [7, 11) is 1.39. The Morgan fingerprint density at radius 1 is 1.86 bits per heavy atom. The molecule has 0 heterocycles. The maximum absolute atomic E-state index is 11.4. The molecule has 0 spiro atoms. The molecule has 0 atom stereocenters. The molecular formula is C4H8FNO. The van der Waals surface area contributed by atoms with Crippen molar-refractivity contribution in [3.63, 3.8) is 0 Å². The van der Waals surface area contributed by atoms with Crippen LogP contribution in [0.15, 0.2) is 5.16 Å². The smallest absolute Gasteiger partial charge is 0.131 e. The van der Waals surface area contributed by atoms with Gasteiger partial charge in [0.15, 0.2) is 0 Å². The summed E-state index contributed by atoms with van der Waals surface area (Å²) in [5.74, 6) is 0. The van der Waals surface area contributed by atoms with E-state index in [4.69, 9.17) is 0 Å². The van der Waals surface area contributed by atoms with Gasteiger partial charge in [-0.25, -0.2) is 4.39 Å². The van der Waals surface area contributed by atoms with Gasteiger partial charge in [-0.2, -0.15) is 0 Å². The highest BCUT2D eigenvalue weighted by molar-refractivity contribution is 5.82. The Bertz CT molecular complexity index is 72.1. The van der Waals surface area contributed by atoms with E-state index < -0.39 is 6.67 Å². The molecule has 0 N–H and O–H groups in total. The second-order valence-electron chi connectivity index (χ2n) is 1.14. The Morgan fingerprint density at radius 2 is 2.43 bits per heavy atom. The van der Waals surface area contributed by atoms with Crippen molar-refractivity contribution in [2.24, 2.45) is 5.16 Å². The number of alkyl halides is 1. The minimum atomic E-state index is -0.534. The Labute approximate surface area is 42.0 Å². The number of nitrogens with zero attached hydrogens (tertiary/aromatic N) is 1. The van der Waals surface area contributed by atoms with Crippen molar-refractivity contribution in [1.82, 2.24) is 0 Å². The Morgan fingerprint density at radius 3 is 2.57 bits per heavy atom. The number of hydrogen-bond donors (Lipinski definition) is 0. The van der Waals surface area contributed by atoms with Gasteiger partial charge in [-0.05, 0) is 6.92 Å². The number of hydrogen-bond acceptors (Lipinski definition) is 2. The van der Waals surface area contributed by atoms with Crippen LogP contribution in [0.25, 0.3) is 0 Å². The zero-order chi connectivity index (χ0) is 5.70. The van der Waals surface area contributed by atoms with Crippen LogP contribution in [0.4, 0.5) is 4.39 Å². The molecule has 0 bridgehead atoms. The summed E-state index contributed by atoms with van der Waals surface area (Å²) in [6.07, 6.45) is 0. The molecule has 7 heavy (non-hydrogen) atoms. The molecule has 0 rings (SSSR count). The van der Waals surface area contributed by atoms with Crippen LogP contribution in [0.3, 0.4) is 0 Å². The van der Waals surface area contributed by atoms with Crippen molar-refractivity contribution < 1.29 is 9.23 Å². The molecule has 42 valence electrons. The number of oxime groups is 1. The second-order valence-corrected chi connectivity index (χ2v) is 1.14. The van der Waals surface area contributed by atoms with Crippen LogP contribution in [0, 0.1) is 0 Å². The minimum Gasteiger partial charge on any atom is -0.399 e. The van der Waals surface area contributed by atoms with Gasteiger partial charge in [0.25, 0.3) is 0 Å². The van der Waals surface area contributed by atoms with Crippen molar-refractivity contribution in [3.8, 4) is 0 Å². The van der Waals surface area contributed by atoms with Gasteiger partial charge >= 0.3 is 0 Å². The van der Waals surface area contributed by atoms with Crippen molar-refractivity contribution >= 4 is 5.71 Å². The molecule has 3 heteroatoms. The molecule has 0 radical (unpaired) electrons. The maximum atomic E-state index is 11.4. The van der Waals surface area contributed by atoms with Gasteiger partial charge in [-0.3, -0.25) is 0 Å². The van der Waals surface area contributed by atoms with E-state index in [-0.39, 0.29) is 0 Å². The van der Waals surface area contributed by atoms with Gasteiger partial charge in [0.2, 0.25) is 0 Å². The highest BCUT2D eigenvalue weighted by atomic mass is 19.1. The topological polar surface area (TPSA) is 21.6 Å². The summed E-state index contributed by atoms with van der Waals surface area (Å²) in [5.41, 5.74) is 0.363. The molecule has 0 aromatic heterocycles. The molecule has 0 unspecified atom stereocenters. The van der Waals surface area contributed by atoms with Crippen LogP contribution in [-0.4, -0.2) is 19.5 Å². The molecule has 0 aromatic carbocycles. The fourth-order valence-corrected chi connectivity index (χ4v) is 0.180. The summed E-state index contributed by atoms with van der Waals surface area (Å²) in [5, 5.41) is 3.28. The van der Waals surface area contributed by atoms with E-state index in [1.54, 1.807) is 6.92 Å². The Hall–Kier alpha value is -0.600. The van der Waals surface area contributed by atoms with Crippen LogP contribution in [0.2, 0.25) is 0 Å². The van der Waals surface area contributed by atoms with Crippen LogP contribution >= 0.6 is 0 Å². The van der Waals surface area contributed by atoms with Gasteiger partial charge in [-0.15, -0.1) is 0 Å². The van der Waals surface area contributed by atoms with E-state index in [0.717, 1.165) is 0 Å². The largest absolute Gasteiger partial charge is 0.399 e. The van der Waals surface area contributed by atoms with Gasteiger partial charge in [0, 0.05) is 0 Å². The molecule has 0 saturated heterocycles. The summed E-state index contributed by atoms with van der Waals surface area (Å²) in [6, 6.07) is 0. The lowest BCUT2D eigenvalue weighted by atomic mass is 10.5. The number of halogens is 1. The first-order valence-corrected chi connectivity index (χ1v) is 1.94. The third kappa shape index (κ3) is 3.22. The Kier molecular flexibility index (Phi) is 3.28. The second kappa shape index (κ2) is 3.59. The zero-order valence-corrected chi connectivity index (χ0v) is 4.44. The fraction of sp³-hybridized carbons (Fsp3) is 0.750. The zero-order valence-electron chi connectivity index (χ0n) is 4.44. The van der Waals surface area contributed by atoms with Gasteiger partial charge in [0.1, 0.15) is 13.8 Å². The minimum absolute atomic E-state index is 0.363. The molecule has 0 fully saturated rings. The van der Waals surface area contributed by atoms with Crippen LogP contribution < -0.4 is 0 Å². The summed E-state index contributed by atoms with van der Waals surface area (Å²) in [4.78, 5) is 4.24. The summed E-state index contributed by atoms with van der Waals surface area (Å²) >= 11 is 0. The predicted molar refractivity (Wildman–Crippen MR) is 26.1 cm³/mol. The normalized spacial score (nSPS) is 11.6. The van der Waals surface area contributed by atoms with E-state index in [1.165, 1.54) is 7.11 Å². The lowest BCUT2D eigenvalue weighted by molar-refractivity contribution is 0.211. The van der Waals surface area contributed by atoms with Crippen LogP contribution in [-0.2, 0) is 4.84 Å². The average Bonchev–Trinajstić information content (AvgIpc) is 1.68. The average molecular weight is 105 g/mol. The van der Waals surface area contributed by atoms with Crippen molar-refractivity contribution in [3.05, 3.63) is 0 Å². The van der Waals surface area contributed by atoms with Gasteiger partial charge in [-0.1, -0.05) is 5.16 Å². The van der Waals surface area contributed by atoms with Crippen LogP contribution in [0.1, 0.15) is 6.92 Å². The summed E-state index contributed by atoms with van der Waals surface area (Å²) in [6.45, 7) is 1.03. The lowest BCUT2D eigenvalue weighted by Crippen LogP contribution is -1.92. The van der Waals surface area contributed by atoms with Crippen molar-refractivity contribution in [2.45, 2.75) is 6.92 Å². The standard InChI is InChI=1S/C4H8FNO/c1-4(3-5)6-7-2/h3H2,1-2H3. The quantitative estimate of drug-likeness (QED) is 0.379.